The van der Waals surface area contributed by atoms with Gasteiger partial charge in [-0.1, -0.05) is 41.6 Å². The lowest BCUT2D eigenvalue weighted by atomic mass is 10.0. The van der Waals surface area contributed by atoms with Crippen LogP contribution in [0.4, 0.5) is 18.9 Å². The summed E-state index contributed by atoms with van der Waals surface area (Å²) in [6, 6.07) is 17.1. The number of carbonyl (C=O) groups excluding carboxylic acids is 1. The van der Waals surface area contributed by atoms with Gasteiger partial charge < -0.3 is 24.6 Å². The lowest BCUT2D eigenvalue weighted by Crippen LogP contribution is -2.36. The molecular formula is C29H31F3N6O2. The van der Waals surface area contributed by atoms with Gasteiger partial charge in [0.2, 0.25) is 17.6 Å². The zero-order chi connectivity index (χ0) is 27.9. The summed E-state index contributed by atoms with van der Waals surface area (Å²) in [5.41, 5.74) is 2.55. The van der Waals surface area contributed by atoms with Crippen molar-refractivity contribution in [1.29, 1.82) is 0 Å². The zero-order valence-electron chi connectivity index (χ0n) is 22.1. The molecule has 11 heteroatoms. The summed E-state index contributed by atoms with van der Waals surface area (Å²) in [6.07, 6.45) is -1.76. The predicted molar refractivity (Wildman–Crippen MR) is 145 cm³/mol. The molecule has 2 N–H and O–H groups in total. The Labute approximate surface area is 229 Å². The van der Waals surface area contributed by atoms with Gasteiger partial charge in [0.1, 0.15) is 6.54 Å². The Hall–Kier alpha value is -3.86. The number of aromatic nitrogens is 3. The summed E-state index contributed by atoms with van der Waals surface area (Å²) >= 11 is 0. The number of nitrogens with one attached hydrogen (secondary N) is 2. The van der Waals surface area contributed by atoms with Gasteiger partial charge in [-0.05, 0) is 69.1 Å². The first kappa shape index (κ1) is 26.4. The van der Waals surface area contributed by atoms with E-state index in [1.165, 1.54) is 4.57 Å². The Morgan fingerprint density at radius 2 is 1.88 bits per heavy atom. The molecule has 2 aromatic heterocycles. The summed E-state index contributed by atoms with van der Waals surface area (Å²) in [5.74, 6) is 0.145. The van der Waals surface area contributed by atoms with Gasteiger partial charge in [0.05, 0.1) is 17.8 Å². The molecule has 3 heterocycles. The minimum Gasteiger partial charge on any atom is -0.382 e. The minimum absolute atomic E-state index is 0.00622. The summed E-state index contributed by atoms with van der Waals surface area (Å²) in [7, 11) is 2.08. The molecule has 2 atom stereocenters. The largest absolute Gasteiger partial charge is 0.406 e. The molecule has 4 aromatic rings. The average molecular weight is 553 g/mol. The average Bonchev–Trinajstić information content (AvgIpc) is 3.47. The van der Waals surface area contributed by atoms with Crippen molar-refractivity contribution < 1.29 is 22.5 Å². The van der Waals surface area contributed by atoms with Crippen LogP contribution >= 0.6 is 0 Å². The lowest BCUT2D eigenvalue weighted by Gasteiger charge is -2.30. The Bertz CT molecular complexity index is 1490. The van der Waals surface area contributed by atoms with Crippen molar-refractivity contribution in [3.63, 3.8) is 0 Å². The molecule has 0 spiro atoms. The molecule has 1 saturated carbocycles. The molecular weight excluding hydrogens is 521 g/mol. The van der Waals surface area contributed by atoms with E-state index >= 15 is 0 Å². The first-order valence-corrected chi connectivity index (χ1v) is 13.5. The Morgan fingerprint density at radius 3 is 2.62 bits per heavy atom. The number of anilines is 1. The van der Waals surface area contributed by atoms with Gasteiger partial charge >= 0.3 is 6.18 Å². The number of fused-ring (bicyclic) bond motifs is 1. The second-order valence-electron chi connectivity index (χ2n) is 10.8. The number of halogens is 3. The van der Waals surface area contributed by atoms with E-state index < -0.39 is 12.7 Å². The van der Waals surface area contributed by atoms with Gasteiger partial charge in [0.25, 0.3) is 0 Å². The van der Waals surface area contributed by atoms with E-state index in [0.717, 1.165) is 43.6 Å². The maximum atomic E-state index is 13.7. The molecule has 1 saturated heterocycles. The second-order valence-corrected chi connectivity index (χ2v) is 10.8. The molecule has 40 heavy (non-hydrogen) atoms. The first-order chi connectivity index (χ1) is 19.2. The van der Waals surface area contributed by atoms with E-state index in [9.17, 15) is 18.0 Å². The highest BCUT2D eigenvalue weighted by molar-refractivity contribution is 5.96. The topological polar surface area (TPSA) is 88.2 Å². The Morgan fingerprint density at radius 1 is 1.10 bits per heavy atom. The first-order valence-electron chi connectivity index (χ1n) is 13.5. The third-order valence-corrected chi connectivity index (χ3v) is 7.83. The number of nitrogens with zero attached hydrogens (tertiary/aromatic N) is 4. The summed E-state index contributed by atoms with van der Waals surface area (Å²) in [5, 5.41) is 11.0. The predicted octanol–water partition coefficient (Wildman–Crippen LogP) is 5.18. The van der Waals surface area contributed by atoms with Gasteiger partial charge in [-0.25, -0.2) is 0 Å². The number of benzene rings is 2. The standard InChI is InChI=1S/C29H31F3N6O2/c1-37-12-10-19(11-13-37)34-23-8-5-9-24-22(23)15-25(38(24)17-29(30,31)32)27-35-26(40-36-27)16-33-28(39)21-14-20(21)18-6-3-2-4-7-18/h2-9,15,19-21,34H,10-14,16-17H2,1H3,(H,33,39). The summed E-state index contributed by atoms with van der Waals surface area (Å²) < 4.78 is 47.5. The molecule has 2 aliphatic rings. The van der Waals surface area contributed by atoms with Crippen molar-refractivity contribution in [2.75, 3.05) is 25.5 Å². The minimum atomic E-state index is -4.45. The maximum absolute atomic E-state index is 13.7. The van der Waals surface area contributed by atoms with Crippen molar-refractivity contribution in [2.24, 2.45) is 5.92 Å². The molecule has 210 valence electrons. The summed E-state index contributed by atoms with van der Waals surface area (Å²) in [6.45, 7) is 0.743. The smallest absolute Gasteiger partial charge is 0.382 e. The summed E-state index contributed by atoms with van der Waals surface area (Å²) in [4.78, 5) is 19.3. The van der Waals surface area contributed by atoms with E-state index in [2.05, 4.69) is 32.7 Å². The molecule has 0 radical (unpaired) electrons. The number of rotatable bonds is 8. The molecule has 0 bridgehead atoms. The Kier molecular flexibility index (Phi) is 6.99. The second kappa shape index (κ2) is 10.6. The SMILES string of the molecule is CN1CCC(Nc2cccc3c2cc(-c2noc(CNC(=O)C4CC4c4ccccc4)n2)n3CC(F)(F)F)CC1. The van der Waals surface area contributed by atoms with Gasteiger partial charge in [-0.3, -0.25) is 4.79 Å². The van der Waals surface area contributed by atoms with Crippen LogP contribution in [0.15, 0.2) is 59.1 Å². The van der Waals surface area contributed by atoms with Gasteiger partial charge in [0.15, 0.2) is 0 Å². The van der Waals surface area contributed by atoms with E-state index in [0.29, 0.717) is 10.9 Å². The van der Waals surface area contributed by atoms with Crippen LogP contribution in [0, 0.1) is 5.92 Å². The third kappa shape index (κ3) is 5.70. The molecule has 1 aliphatic heterocycles. The quantitative estimate of drug-likeness (QED) is 0.313. The van der Waals surface area contributed by atoms with Crippen LogP contribution in [-0.4, -0.2) is 57.9 Å². The van der Waals surface area contributed by atoms with E-state index in [-0.39, 0.29) is 47.7 Å². The molecule has 8 nitrogen and oxygen atoms in total. The van der Waals surface area contributed by atoms with Gasteiger partial charge in [0, 0.05) is 23.0 Å². The number of piperidine rings is 1. The molecule has 2 aromatic carbocycles. The van der Waals surface area contributed by atoms with Crippen molar-refractivity contribution in [1.82, 2.24) is 24.9 Å². The monoisotopic (exact) mass is 552 g/mol. The molecule has 2 unspecified atom stereocenters. The number of amides is 1. The number of likely N-dealkylation sites (tertiary alicyclic amines) is 1. The zero-order valence-corrected chi connectivity index (χ0v) is 22.1. The van der Waals surface area contributed by atoms with E-state index in [4.69, 9.17) is 4.52 Å². The molecule has 1 aliphatic carbocycles. The Balaban J connectivity index is 1.21. The third-order valence-electron chi connectivity index (χ3n) is 7.83. The van der Waals surface area contributed by atoms with Crippen LogP contribution in [0.25, 0.3) is 22.4 Å². The van der Waals surface area contributed by atoms with E-state index in [1.807, 2.05) is 36.4 Å². The normalized spacial score (nSPS) is 20.1. The highest BCUT2D eigenvalue weighted by atomic mass is 19.4. The number of alkyl halides is 3. The maximum Gasteiger partial charge on any atom is 0.406 e. The number of hydrogen-bond acceptors (Lipinski definition) is 6. The van der Waals surface area contributed by atoms with Gasteiger partial charge in [-0.2, -0.15) is 18.2 Å². The van der Waals surface area contributed by atoms with Gasteiger partial charge in [-0.15, -0.1) is 0 Å². The van der Waals surface area contributed by atoms with Crippen LogP contribution in [0.3, 0.4) is 0 Å². The highest BCUT2D eigenvalue weighted by Crippen LogP contribution is 2.47. The molecule has 6 rings (SSSR count). The van der Waals surface area contributed by atoms with Crippen LogP contribution in [0.5, 0.6) is 0 Å². The fourth-order valence-corrected chi connectivity index (χ4v) is 5.60. The van der Waals surface area contributed by atoms with Crippen LogP contribution in [0.2, 0.25) is 0 Å². The number of hydrogen-bond donors (Lipinski definition) is 2. The van der Waals surface area contributed by atoms with Crippen molar-refractivity contribution >= 4 is 22.5 Å². The molecule has 2 fully saturated rings. The van der Waals surface area contributed by atoms with Crippen LogP contribution < -0.4 is 10.6 Å². The van der Waals surface area contributed by atoms with Crippen molar-refractivity contribution in [3.05, 3.63) is 66.1 Å². The lowest BCUT2D eigenvalue weighted by molar-refractivity contribution is -0.139. The fourth-order valence-electron chi connectivity index (χ4n) is 5.60. The van der Waals surface area contributed by atoms with E-state index in [1.54, 1.807) is 18.2 Å². The molecule has 1 amide bonds. The number of carbonyl (C=O) groups is 1. The van der Waals surface area contributed by atoms with Crippen LogP contribution in [0.1, 0.15) is 36.6 Å². The van der Waals surface area contributed by atoms with Crippen molar-refractivity contribution in [3.8, 4) is 11.5 Å². The van der Waals surface area contributed by atoms with Crippen molar-refractivity contribution in [2.45, 2.75) is 50.5 Å². The van der Waals surface area contributed by atoms with Crippen LogP contribution in [-0.2, 0) is 17.9 Å². The fraction of sp³-hybridized carbons (Fsp3) is 0.414. The highest BCUT2D eigenvalue weighted by Gasteiger charge is 2.43.